The fourth-order valence-corrected chi connectivity index (χ4v) is 2.45. The molecule has 0 aliphatic carbocycles. The summed E-state index contributed by atoms with van der Waals surface area (Å²) in [7, 11) is 1.02. The summed E-state index contributed by atoms with van der Waals surface area (Å²) in [5.41, 5.74) is 1.39. The number of amidine groups is 1. The molecule has 0 radical (unpaired) electrons. The van der Waals surface area contributed by atoms with Gasteiger partial charge in [0, 0.05) is 13.1 Å². The molecule has 2 heterocycles. The summed E-state index contributed by atoms with van der Waals surface area (Å²) in [5, 5.41) is 0. The van der Waals surface area contributed by atoms with Crippen LogP contribution in [0.4, 0.5) is 0 Å². The molecule has 1 atom stereocenters. The number of fused-ring (bicyclic) bond motifs is 1. The van der Waals surface area contributed by atoms with Gasteiger partial charge < -0.3 is 4.90 Å². The van der Waals surface area contributed by atoms with E-state index in [9.17, 15) is 0 Å². The Hall–Kier alpha value is -0.100. The van der Waals surface area contributed by atoms with Gasteiger partial charge in [0.15, 0.2) is 0 Å². The normalized spacial score (nSPS) is 29.0. The van der Waals surface area contributed by atoms with Crippen LogP contribution in [0.2, 0.25) is 0 Å². The van der Waals surface area contributed by atoms with E-state index in [1.165, 1.54) is 24.8 Å². The Labute approximate surface area is 50.8 Å². The van der Waals surface area contributed by atoms with Crippen molar-refractivity contribution >= 4 is 14.2 Å². The van der Waals surface area contributed by atoms with Crippen molar-refractivity contribution in [3.8, 4) is 0 Å². The van der Waals surface area contributed by atoms with Crippen LogP contribution in [0.1, 0.15) is 0 Å². The second kappa shape index (κ2) is 1.70. The summed E-state index contributed by atoms with van der Waals surface area (Å²) in [6, 6.07) is 0. The number of hydrogen-bond donors (Lipinski definition) is 0. The van der Waals surface area contributed by atoms with E-state index >= 15 is 0 Å². The van der Waals surface area contributed by atoms with Crippen molar-refractivity contribution in [2.24, 2.45) is 4.99 Å². The molecule has 0 amide bonds. The Bertz CT molecular complexity index is 132. The fraction of sp³-hybridized carbons (Fsp3) is 0.800. The summed E-state index contributed by atoms with van der Waals surface area (Å²) in [6.07, 6.45) is 1.36. The lowest BCUT2D eigenvalue weighted by molar-refractivity contribution is 0.504. The lowest BCUT2D eigenvalue weighted by atomic mass is 10.6. The van der Waals surface area contributed by atoms with Gasteiger partial charge in [-0.25, -0.2) is 0 Å². The maximum Gasteiger partial charge on any atom is 0.119 e. The first kappa shape index (κ1) is 4.75. The molecule has 1 unspecified atom stereocenters. The van der Waals surface area contributed by atoms with Crippen LogP contribution in [0.3, 0.4) is 0 Å². The van der Waals surface area contributed by atoms with Crippen molar-refractivity contribution in [2.45, 2.75) is 0 Å². The van der Waals surface area contributed by atoms with E-state index in [-0.39, 0.29) is 0 Å². The van der Waals surface area contributed by atoms with Gasteiger partial charge in [0.25, 0.3) is 0 Å². The molecule has 0 bridgehead atoms. The molecule has 0 aromatic heterocycles. The Morgan fingerprint density at radius 2 is 2.50 bits per heavy atom. The van der Waals surface area contributed by atoms with E-state index < -0.39 is 0 Å². The highest BCUT2D eigenvalue weighted by atomic mass is 31.1. The zero-order valence-corrected chi connectivity index (χ0v) is 5.72. The van der Waals surface area contributed by atoms with Crippen molar-refractivity contribution < 1.29 is 0 Å². The van der Waals surface area contributed by atoms with E-state index in [0.29, 0.717) is 0 Å². The second-order valence-electron chi connectivity index (χ2n) is 2.12. The zero-order valence-electron chi connectivity index (χ0n) is 4.72. The molecule has 0 aromatic carbocycles. The third kappa shape index (κ3) is 0.560. The molecule has 0 spiro atoms. The molecule has 0 N–H and O–H groups in total. The first-order chi connectivity index (χ1) is 3.97. The highest BCUT2D eigenvalue weighted by Gasteiger charge is 2.20. The molecule has 2 nitrogen and oxygen atoms in total. The van der Waals surface area contributed by atoms with E-state index in [4.69, 9.17) is 0 Å². The summed E-state index contributed by atoms with van der Waals surface area (Å²) in [6.45, 7) is 3.53. The van der Waals surface area contributed by atoms with Crippen LogP contribution in [-0.4, -0.2) is 36.3 Å². The maximum absolute atomic E-state index is 4.35. The van der Waals surface area contributed by atoms with Crippen LogP contribution in [0.5, 0.6) is 0 Å². The Balaban J connectivity index is 2.20. The Morgan fingerprint density at radius 1 is 1.50 bits per heavy atom. The minimum absolute atomic E-state index is 1.02. The lowest BCUT2D eigenvalue weighted by Crippen LogP contribution is -2.20. The number of hydrogen-bond acceptors (Lipinski definition) is 2. The van der Waals surface area contributed by atoms with Gasteiger partial charge in [-0.2, -0.15) is 0 Å². The second-order valence-corrected chi connectivity index (χ2v) is 3.42. The SMILES string of the molecule is C1CN2CCPC2=N1. The van der Waals surface area contributed by atoms with Crippen molar-refractivity contribution in [3.05, 3.63) is 0 Å². The molecular formula is C5H9N2P. The average Bonchev–Trinajstić information content (AvgIpc) is 2.15. The maximum atomic E-state index is 4.35. The Kier molecular flexibility index (Phi) is 1.01. The monoisotopic (exact) mass is 128 g/mol. The number of rotatable bonds is 0. The van der Waals surface area contributed by atoms with Crippen LogP contribution in [-0.2, 0) is 0 Å². The molecule has 1 fully saturated rings. The summed E-state index contributed by atoms with van der Waals surface area (Å²) >= 11 is 0. The highest BCUT2D eigenvalue weighted by molar-refractivity contribution is 7.58. The van der Waals surface area contributed by atoms with Crippen LogP contribution in [0.25, 0.3) is 0 Å². The molecular weight excluding hydrogens is 119 g/mol. The van der Waals surface area contributed by atoms with Gasteiger partial charge in [0.2, 0.25) is 0 Å². The highest BCUT2D eigenvalue weighted by Crippen LogP contribution is 2.26. The van der Waals surface area contributed by atoms with Crippen LogP contribution in [0, 0.1) is 0 Å². The Morgan fingerprint density at radius 3 is 3.38 bits per heavy atom. The van der Waals surface area contributed by atoms with Gasteiger partial charge in [-0.05, 0) is 14.7 Å². The predicted octanol–water partition coefficient (Wildman–Crippen LogP) is 0.350. The molecule has 0 saturated carbocycles. The predicted molar refractivity (Wildman–Crippen MR) is 37.1 cm³/mol. The summed E-state index contributed by atoms with van der Waals surface area (Å²) in [5.74, 6) is 0. The van der Waals surface area contributed by atoms with Crippen LogP contribution in [0.15, 0.2) is 4.99 Å². The van der Waals surface area contributed by atoms with Gasteiger partial charge in [0.1, 0.15) is 5.58 Å². The first-order valence-electron chi connectivity index (χ1n) is 3.00. The molecule has 2 aliphatic heterocycles. The molecule has 0 aromatic rings. The largest absolute Gasteiger partial charge is 0.355 e. The van der Waals surface area contributed by atoms with Gasteiger partial charge in [0.05, 0.1) is 6.54 Å². The van der Waals surface area contributed by atoms with Gasteiger partial charge >= 0.3 is 0 Å². The number of aliphatic imine (C=N–C) groups is 1. The lowest BCUT2D eigenvalue weighted by Gasteiger charge is -2.07. The molecule has 8 heavy (non-hydrogen) atoms. The van der Waals surface area contributed by atoms with Crippen molar-refractivity contribution in [3.63, 3.8) is 0 Å². The topological polar surface area (TPSA) is 15.6 Å². The third-order valence-electron chi connectivity index (χ3n) is 1.60. The minimum Gasteiger partial charge on any atom is -0.355 e. The zero-order chi connectivity index (χ0) is 5.40. The minimum atomic E-state index is 1.02. The average molecular weight is 128 g/mol. The third-order valence-corrected chi connectivity index (χ3v) is 2.86. The first-order valence-corrected chi connectivity index (χ1v) is 4.21. The van der Waals surface area contributed by atoms with Crippen molar-refractivity contribution in [1.29, 1.82) is 0 Å². The van der Waals surface area contributed by atoms with E-state index in [1.807, 2.05) is 0 Å². The van der Waals surface area contributed by atoms with Crippen LogP contribution >= 0.6 is 8.58 Å². The van der Waals surface area contributed by atoms with Gasteiger partial charge in [-0.15, -0.1) is 0 Å². The standard InChI is InChI=1S/C5H9N2P/c1-2-7-3-4-8-5(7)6-1/h8H,1-4H2. The molecule has 2 aliphatic rings. The molecule has 1 saturated heterocycles. The van der Waals surface area contributed by atoms with Crippen LogP contribution < -0.4 is 0 Å². The van der Waals surface area contributed by atoms with Crippen molar-refractivity contribution in [1.82, 2.24) is 4.90 Å². The van der Waals surface area contributed by atoms with E-state index in [0.717, 1.165) is 15.1 Å². The molecule has 44 valence electrons. The summed E-state index contributed by atoms with van der Waals surface area (Å²) < 4.78 is 0. The van der Waals surface area contributed by atoms with Crippen molar-refractivity contribution in [2.75, 3.05) is 25.8 Å². The number of nitrogens with zero attached hydrogens (tertiary/aromatic N) is 2. The molecule has 3 heteroatoms. The van der Waals surface area contributed by atoms with Gasteiger partial charge in [-0.3, -0.25) is 4.99 Å². The quantitative estimate of drug-likeness (QED) is 0.430. The molecule has 2 rings (SSSR count). The van der Waals surface area contributed by atoms with E-state index in [2.05, 4.69) is 9.89 Å². The smallest absolute Gasteiger partial charge is 0.119 e. The van der Waals surface area contributed by atoms with Gasteiger partial charge in [-0.1, -0.05) is 0 Å². The fourth-order valence-electron chi connectivity index (χ4n) is 1.17. The van der Waals surface area contributed by atoms with E-state index in [1.54, 1.807) is 0 Å². The summed E-state index contributed by atoms with van der Waals surface area (Å²) in [4.78, 5) is 6.75.